The molecule has 0 spiro atoms. The van der Waals surface area contributed by atoms with Gasteiger partial charge < -0.3 is 15.6 Å². The molecule has 1 aromatic carbocycles. The lowest BCUT2D eigenvalue weighted by molar-refractivity contribution is 0.796. The number of aryl methyl sites for hydroxylation is 1. The van der Waals surface area contributed by atoms with Crippen LogP contribution in [0.5, 0.6) is 0 Å². The van der Waals surface area contributed by atoms with Gasteiger partial charge in [-0.05, 0) is 55.9 Å². The molecule has 0 unspecified atom stereocenters. The number of hydrogen-bond donors (Lipinski definition) is 3. The van der Waals surface area contributed by atoms with Gasteiger partial charge in [0.25, 0.3) is 0 Å². The van der Waals surface area contributed by atoms with Crippen LogP contribution in [-0.4, -0.2) is 42.6 Å². The summed E-state index contributed by atoms with van der Waals surface area (Å²) in [6, 6.07) is 6.40. The molecule has 0 atom stereocenters. The van der Waals surface area contributed by atoms with E-state index in [0.717, 1.165) is 44.2 Å². The van der Waals surface area contributed by atoms with Crippen LogP contribution in [0.2, 0.25) is 0 Å². The first-order chi connectivity index (χ1) is 11.3. The standard InChI is InChI=1S/C18H28N4S/c1-4-19-18(20-10-6-12-23-3)21-11-9-15-13-22-16-8-5-7-14(2)17(15)16/h5,7-8,13,22H,4,6,9-12H2,1-3H3,(H2,19,20,21). The van der Waals surface area contributed by atoms with E-state index in [9.17, 15) is 0 Å². The van der Waals surface area contributed by atoms with E-state index in [1.165, 1.54) is 22.0 Å². The molecule has 2 aromatic rings. The third kappa shape index (κ3) is 5.20. The largest absolute Gasteiger partial charge is 0.361 e. The molecule has 0 fully saturated rings. The van der Waals surface area contributed by atoms with Crippen molar-refractivity contribution in [3.8, 4) is 0 Å². The Bertz CT molecular complexity index is 633. The predicted octanol–water partition coefficient (Wildman–Crippen LogP) is 3.33. The molecule has 0 amide bonds. The average Bonchev–Trinajstić information content (AvgIpc) is 2.96. The fraction of sp³-hybridized carbons (Fsp3) is 0.500. The highest BCUT2D eigenvalue weighted by atomic mass is 32.2. The molecule has 0 aliphatic rings. The minimum Gasteiger partial charge on any atom is -0.361 e. The average molecular weight is 333 g/mol. The van der Waals surface area contributed by atoms with Gasteiger partial charge in [0.1, 0.15) is 0 Å². The van der Waals surface area contributed by atoms with Gasteiger partial charge in [0.05, 0.1) is 0 Å². The topological polar surface area (TPSA) is 52.2 Å². The van der Waals surface area contributed by atoms with Crippen molar-refractivity contribution in [3.63, 3.8) is 0 Å². The second kappa shape index (κ2) is 9.50. The molecule has 0 saturated heterocycles. The molecule has 0 aliphatic heterocycles. The Hall–Kier alpha value is -1.62. The van der Waals surface area contributed by atoms with Crippen molar-refractivity contribution in [2.45, 2.75) is 26.7 Å². The molecule has 23 heavy (non-hydrogen) atoms. The number of aliphatic imine (C=N–C) groups is 1. The van der Waals surface area contributed by atoms with Crippen LogP contribution in [0.3, 0.4) is 0 Å². The van der Waals surface area contributed by atoms with E-state index in [1.54, 1.807) is 0 Å². The highest BCUT2D eigenvalue weighted by molar-refractivity contribution is 7.98. The van der Waals surface area contributed by atoms with Gasteiger partial charge in [-0.1, -0.05) is 12.1 Å². The molecular formula is C18H28N4S. The van der Waals surface area contributed by atoms with Gasteiger partial charge in [-0.2, -0.15) is 11.8 Å². The molecule has 0 bridgehead atoms. The van der Waals surface area contributed by atoms with E-state index in [0.29, 0.717) is 0 Å². The first-order valence-corrected chi connectivity index (χ1v) is 9.72. The SMILES string of the molecule is CCNC(=NCCCSC)NCCc1c[nH]c2cccc(C)c12. The van der Waals surface area contributed by atoms with Crippen LogP contribution >= 0.6 is 11.8 Å². The van der Waals surface area contributed by atoms with E-state index in [-0.39, 0.29) is 0 Å². The summed E-state index contributed by atoms with van der Waals surface area (Å²) < 4.78 is 0. The second-order valence-corrected chi connectivity index (χ2v) is 6.58. The number of nitrogens with one attached hydrogen (secondary N) is 3. The smallest absolute Gasteiger partial charge is 0.191 e. The van der Waals surface area contributed by atoms with Crippen molar-refractivity contribution in [2.24, 2.45) is 4.99 Å². The molecule has 1 aromatic heterocycles. The lowest BCUT2D eigenvalue weighted by Crippen LogP contribution is -2.38. The molecule has 3 N–H and O–H groups in total. The summed E-state index contributed by atoms with van der Waals surface area (Å²) in [6.07, 6.45) is 6.37. The number of hydrogen-bond acceptors (Lipinski definition) is 2. The van der Waals surface area contributed by atoms with Crippen LogP contribution in [0.15, 0.2) is 29.4 Å². The van der Waals surface area contributed by atoms with Gasteiger partial charge in [-0.3, -0.25) is 4.99 Å². The number of thioether (sulfide) groups is 1. The maximum atomic E-state index is 4.62. The lowest BCUT2D eigenvalue weighted by Gasteiger charge is -2.11. The molecule has 0 aliphatic carbocycles. The van der Waals surface area contributed by atoms with Crippen LogP contribution < -0.4 is 10.6 Å². The maximum Gasteiger partial charge on any atom is 0.191 e. The van der Waals surface area contributed by atoms with Crippen LogP contribution in [0.4, 0.5) is 0 Å². The molecular weight excluding hydrogens is 304 g/mol. The summed E-state index contributed by atoms with van der Waals surface area (Å²) in [5, 5.41) is 8.11. The maximum absolute atomic E-state index is 4.62. The molecule has 4 nitrogen and oxygen atoms in total. The van der Waals surface area contributed by atoms with Crippen molar-refractivity contribution in [1.29, 1.82) is 0 Å². The number of H-pyrrole nitrogens is 1. The Labute approximate surface area is 143 Å². The van der Waals surface area contributed by atoms with Crippen molar-refractivity contribution in [2.75, 3.05) is 31.6 Å². The number of guanidine groups is 1. The van der Waals surface area contributed by atoms with Crippen molar-refractivity contribution in [3.05, 3.63) is 35.5 Å². The van der Waals surface area contributed by atoms with E-state index < -0.39 is 0 Å². The first kappa shape index (κ1) is 17.7. The fourth-order valence-electron chi connectivity index (χ4n) is 2.71. The summed E-state index contributed by atoms with van der Waals surface area (Å²) >= 11 is 1.87. The molecule has 5 heteroatoms. The molecule has 1 heterocycles. The Morgan fingerprint density at radius 1 is 1.30 bits per heavy atom. The van der Waals surface area contributed by atoms with Crippen LogP contribution in [0.25, 0.3) is 10.9 Å². The zero-order valence-electron chi connectivity index (χ0n) is 14.4. The quantitative estimate of drug-likeness (QED) is 0.395. The summed E-state index contributed by atoms with van der Waals surface area (Å²) in [5.74, 6) is 2.09. The Kier molecular flexibility index (Phi) is 7.33. The number of fused-ring (bicyclic) bond motifs is 1. The van der Waals surface area contributed by atoms with Crippen molar-refractivity contribution in [1.82, 2.24) is 15.6 Å². The summed E-state index contributed by atoms with van der Waals surface area (Å²) in [6.45, 7) is 6.92. The van der Waals surface area contributed by atoms with Gasteiger partial charge in [0, 0.05) is 36.7 Å². The molecule has 2 rings (SSSR count). The Morgan fingerprint density at radius 3 is 2.96 bits per heavy atom. The van der Waals surface area contributed by atoms with Crippen LogP contribution in [-0.2, 0) is 6.42 Å². The van der Waals surface area contributed by atoms with Crippen molar-refractivity contribution >= 4 is 28.6 Å². The monoisotopic (exact) mass is 332 g/mol. The lowest BCUT2D eigenvalue weighted by atomic mass is 10.1. The van der Waals surface area contributed by atoms with E-state index >= 15 is 0 Å². The Morgan fingerprint density at radius 2 is 2.17 bits per heavy atom. The highest BCUT2D eigenvalue weighted by Crippen LogP contribution is 2.22. The molecule has 0 saturated carbocycles. The summed E-state index contributed by atoms with van der Waals surface area (Å²) in [5.41, 5.74) is 3.91. The minimum atomic E-state index is 0.877. The molecule has 126 valence electrons. The van der Waals surface area contributed by atoms with Gasteiger partial charge in [-0.25, -0.2) is 0 Å². The number of nitrogens with zero attached hydrogens (tertiary/aromatic N) is 1. The summed E-state index contributed by atoms with van der Waals surface area (Å²) in [7, 11) is 0. The fourth-order valence-corrected chi connectivity index (χ4v) is 3.12. The molecule has 0 radical (unpaired) electrons. The second-order valence-electron chi connectivity index (χ2n) is 5.60. The number of benzene rings is 1. The third-order valence-corrected chi connectivity index (χ3v) is 4.50. The minimum absolute atomic E-state index is 0.877. The van der Waals surface area contributed by atoms with Crippen LogP contribution in [0, 0.1) is 6.92 Å². The number of aromatic amines is 1. The van der Waals surface area contributed by atoms with Gasteiger partial charge in [0.2, 0.25) is 0 Å². The Balaban J connectivity index is 1.90. The van der Waals surface area contributed by atoms with E-state index in [1.807, 2.05) is 11.8 Å². The first-order valence-electron chi connectivity index (χ1n) is 8.33. The van der Waals surface area contributed by atoms with Gasteiger partial charge >= 0.3 is 0 Å². The van der Waals surface area contributed by atoms with E-state index in [2.05, 4.69) is 65.1 Å². The number of aromatic nitrogens is 1. The third-order valence-electron chi connectivity index (χ3n) is 3.80. The normalized spacial score (nSPS) is 11.9. The number of rotatable bonds is 8. The predicted molar refractivity (Wildman–Crippen MR) is 104 cm³/mol. The van der Waals surface area contributed by atoms with Gasteiger partial charge in [-0.15, -0.1) is 0 Å². The van der Waals surface area contributed by atoms with E-state index in [4.69, 9.17) is 0 Å². The zero-order valence-corrected chi connectivity index (χ0v) is 15.2. The van der Waals surface area contributed by atoms with Crippen molar-refractivity contribution < 1.29 is 0 Å². The van der Waals surface area contributed by atoms with Crippen LogP contribution in [0.1, 0.15) is 24.5 Å². The highest BCUT2D eigenvalue weighted by Gasteiger charge is 2.06. The van der Waals surface area contributed by atoms with Gasteiger partial charge in [0.15, 0.2) is 5.96 Å². The summed E-state index contributed by atoms with van der Waals surface area (Å²) in [4.78, 5) is 7.99. The zero-order chi connectivity index (χ0) is 16.5.